The fraction of sp³-hybridized carbons (Fsp3) is 0.417. The van der Waals surface area contributed by atoms with Gasteiger partial charge in [-0.25, -0.2) is 0 Å². The topological polar surface area (TPSA) is 54.1 Å². The van der Waals surface area contributed by atoms with Crippen molar-refractivity contribution in [3.8, 4) is 12.1 Å². The van der Waals surface area contributed by atoms with E-state index in [2.05, 4.69) is 49.6 Å². The van der Waals surface area contributed by atoms with Crippen molar-refractivity contribution in [2.45, 2.75) is 39.5 Å². The zero-order valence-electron chi connectivity index (χ0n) is 17.4. The molecule has 0 saturated carbocycles. The van der Waals surface area contributed by atoms with E-state index in [4.69, 9.17) is 0 Å². The van der Waals surface area contributed by atoms with E-state index in [1.54, 1.807) is 0 Å². The maximum absolute atomic E-state index is 9.81. The van der Waals surface area contributed by atoms with Gasteiger partial charge in [0.25, 0.3) is 0 Å². The van der Waals surface area contributed by atoms with Crippen LogP contribution in [0.3, 0.4) is 0 Å². The van der Waals surface area contributed by atoms with Crippen molar-refractivity contribution in [3.05, 3.63) is 59.7 Å². The summed E-state index contributed by atoms with van der Waals surface area (Å²) in [6.45, 7) is 12.3. The highest BCUT2D eigenvalue weighted by Crippen LogP contribution is 2.34. The Labute approximate surface area is 169 Å². The second-order valence-corrected chi connectivity index (χ2v) is 6.74. The zero-order chi connectivity index (χ0) is 20.5. The summed E-state index contributed by atoms with van der Waals surface area (Å²) in [5.74, 6) is -0.981. The maximum atomic E-state index is 9.81. The first-order chi connectivity index (χ1) is 13.6. The molecule has 0 aliphatic heterocycles. The van der Waals surface area contributed by atoms with Crippen LogP contribution in [0, 0.1) is 22.7 Å². The lowest BCUT2D eigenvalue weighted by Gasteiger charge is -2.23. The van der Waals surface area contributed by atoms with Gasteiger partial charge in [-0.3, -0.25) is 0 Å². The van der Waals surface area contributed by atoms with E-state index in [0.717, 1.165) is 48.7 Å². The summed E-state index contributed by atoms with van der Waals surface area (Å²) in [7, 11) is 0. The molecule has 2 unspecified atom stereocenters. The molecule has 2 aromatic carbocycles. The van der Waals surface area contributed by atoms with Gasteiger partial charge in [0.1, 0.15) is 0 Å². The Bertz CT molecular complexity index is 732. The van der Waals surface area contributed by atoms with Crippen molar-refractivity contribution in [2.24, 2.45) is 0 Å². The number of anilines is 2. The number of hydrogen-bond acceptors (Lipinski definition) is 4. The number of nitriles is 2. The number of benzene rings is 2. The molecule has 0 aromatic heterocycles. The predicted octanol–water partition coefficient (Wildman–Crippen LogP) is 5.29. The van der Waals surface area contributed by atoms with Crippen molar-refractivity contribution >= 4 is 11.4 Å². The Hall–Kier alpha value is -2.98. The first-order valence-corrected chi connectivity index (χ1v) is 10.1. The Balaban J connectivity index is 2.29. The summed E-state index contributed by atoms with van der Waals surface area (Å²) in [4.78, 5) is 4.53. The fourth-order valence-corrected chi connectivity index (χ4v) is 3.65. The molecule has 0 radical (unpaired) electrons. The second kappa shape index (κ2) is 10.4. The first-order valence-electron chi connectivity index (χ1n) is 10.1. The van der Waals surface area contributed by atoms with Crippen LogP contribution in [-0.2, 0) is 0 Å². The van der Waals surface area contributed by atoms with Crippen LogP contribution in [0.4, 0.5) is 11.4 Å². The lowest BCUT2D eigenvalue weighted by Crippen LogP contribution is -2.22. The fourth-order valence-electron chi connectivity index (χ4n) is 3.65. The molecule has 4 heteroatoms. The Morgan fingerprint density at radius 2 is 0.893 bits per heavy atom. The zero-order valence-corrected chi connectivity index (χ0v) is 17.4. The number of nitrogens with zero attached hydrogens (tertiary/aromatic N) is 4. The van der Waals surface area contributed by atoms with Gasteiger partial charge < -0.3 is 9.80 Å². The minimum absolute atomic E-state index is 0.491. The molecule has 0 heterocycles. The monoisotopic (exact) mass is 374 g/mol. The Morgan fingerprint density at radius 3 is 1.11 bits per heavy atom. The smallest absolute Gasteiger partial charge is 0.0912 e. The third-order valence-electron chi connectivity index (χ3n) is 5.37. The first kappa shape index (κ1) is 21.3. The molecule has 0 fully saturated rings. The van der Waals surface area contributed by atoms with Crippen LogP contribution in [0.2, 0.25) is 0 Å². The second-order valence-electron chi connectivity index (χ2n) is 6.74. The number of hydrogen-bond donors (Lipinski definition) is 0. The quantitative estimate of drug-likeness (QED) is 0.598. The minimum Gasteiger partial charge on any atom is -0.372 e. The van der Waals surface area contributed by atoms with Gasteiger partial charge in [-0.2, -0.15) is 10.5 Å². The van der Waals surface area contributed by atoms with E-state index in [0.29, 0.717) is 0 Å². The molecule has 0 amide bonds. The summed E-state index contributed by atoms with van der Waals surface area (Å²) in [5.41, 5.74) is 4.06. The normalized spacial score (nSPS) is 12.5. The molecule has 0 aliphatic rings. The summed E-state index contributed by atoms with van der Waals surface area (Å²) in [6, 6.07) is 20.8. The van der Waals surface area contributed by atoms with Gasteiger partial charge in [0.15, 0.2) is 0 Å². The van der Waals surface area contributed by atoms with Crippen LogP contribution >= 0.6 is 0 Å². The van der Waals surface area contributed by atoms with Crippen molar-refractivity contribution in [3.63, 3.8) is 0 Å². The summed E-state index contributed by atoms with van der Waals surface area (Å²) >= 11 is 0. The minimum atomic E-state index is -0.491. The van der Waals surface area contributed by atoms with Gasteiger partial charge in [-0.15, -0.1) is 0 Å². The highest BCUT2D eigenvalue weighted by atomic mass is 15.1. The summed E-state index contributed by atoms with van der Waals surface area (Å²) in [5, 5.41) is 19.6. The molecular formula is C24H30N4. The molecular weight excluding hydrogens is 344 g/mol. The molecule has 4 nitrogen and oxygen atoms in total. The van der Waals surface area contributed by atoms with Crippen LogP contribution < -0.4 is 9.80 Å². The van der Waals surface area contributed by atoms with E-state index in [1.165, 1.54) is 0 Å². The van der Waals surface area contributed by atoms with Crippen LogP contribution in [0.5, 0.6) is 0 Å². The van der Waals surface area contributed by atoms with Crippen LogP contribution in [0.1, 0.15) is 50.7 Å². The lowest BCUT2D eigenvalue weighted by molar-refractivity contribution is 0.760. The molecule has 146 valence electrons. The average molecular weight is 375 g/mol. The van der Waals surface area contributed by atoms with Gasteiger partial charge in [0.05, 0.1) is 24.0 Å². The molecule has 2 aromatic rings. The Kier molecular flexibility index (Phi) is 7.90. The van der Waals surface area contributed by atoms with Crippen molar-refractivity contribution in [1.29, 1.82) is 10.5 Å². The van der Waals surface area contributed by atoms with E-state index in [1.807, 2.05) is 48.5 Å². The molecule has 0 spiro atoms. The predicted molar refractivity (Wildman–Crippen MR) is 117 cm³/mol. The summed E-state index contributed by atoms with van der Waals surface area (Å²) < 4.78 is 0. The standard InChI is InChI=1S/C24H30N4/c1-5-27(6-2)21-13-9-19(10-14-21)23(17-25)24(18-26)20-11-15-22(16-12-20)28(7-3)8-4/h9-16,23-24H,5-8H2,1-4H3. The van der Waals surface area contributed by atoms with E-state index in [-0.39, 0.29) is 0 Å². The third-order valence-corrected chi connectivity index (χ3v) is 5.37. The molecule has 0 N–H and O–H groups in total. The molecule has 2 atom stereocenters. The highest BCUT2D eigenvalue weighted by Gasteiger charge is 2.25. The maximum Gasteiger partial charge on any atom is 0.0912 e. The third kappa shape index (κ3) is 4.65. The lowest BCUT2D eigenvalue weighted by atomic mass is 9.83. The Morgan fingerprint density at radius 1 is 0.607 bits per heavy atom. The number of rotatable bonds is 9. The van der Waals surface area contributed by atoms with E-state index >= 15 is 0 Å². The van der Waals surface area contributed by atoms with E-state index in [9.17, 15) is 10.5 Å². The van der Waals surface area contributed by atoms with E-state index < -0.39 is 11.8 Å². The molecule has 0 bridgehead atoms. The van der Waals surface area contributed by atoms with Gasteiger partial charge in [0.2, 0.25) is 0 Å². The van der Waals surface area contributed by atoms with Crippen LogP contribution in [-0.4, -0.2) is 26.2 Å². The molecule has 2 rings (SSSR count). The van der Waals surface area contributed by atoms with Crippen molar-refractivity contribution < 1.29 is 0 Å². The van der Waals surface area contributed by atoms with Gasteiger partial charge in [0, 0.05) is 37.6 Å². The van der Waals surface area contributed by atoms with Gasteiger partial charge in [-0.1, -0.05) is 24.3 Å². The highest BCUT2D eigenvalue weighted by molar-refractivity contribution is 5.51. The molecule has 28 heavy (non-hydrogen) atoms. The summed E-state index contributed by atoms with van der Waals surface area (Å²) in [6.07, 6.45) is 0. The van der Waals surface area contributed by atoms with Crippen molar-refractivity contribution in [1.82, 2.24) is 0 Å². The molecule has 0 saturated heterocycles. The van der Waals surface area contributed by atoms with Gasteiger partial charge >= 0.3 is 0 Å². The molecule has 0 aliphatic carbocycles. The van der Waals surface area contributed by atoms with Gasteiger partial charge in [-0.05, 0) is 63.1 Å². The average Bonchev–Trinajstić information content (AvgIpc) is 2.75. The van der Waals surface area contributed by atoms with Crippen LogP contribution in [0.25, 0.3) is 0 Å². The van der Waals surface area contributed by atoms with Crippen molar-refractivity contribution in [2.75, 3.05) is 36.0 Å². The largest absolute Gasteiger partial charge is 0.372 e. The van der Waals surface area contributed by atoms with Crippen LogP contribution in [0.15, 0.2) is 48.5 Å². The SMILES string of the molecule is CCN(CC)c1ccc(C(C#N)C(C#N)c2ccc(N(CC)CC)cc2)cc1.